The van der Waals surface area contributed by atoms with Gasteiger partial charge in [0.1, 0.15) is 0 Å². The van der Waals surface area contributed by atoms with Crippen LogP contribution in [-0.4, -0.2) is 23.1 Å². The van der Waals surface area contributed by atoms with Crippen molar-refractivity contribution in [2.75, 3.05) is 18.4 Å². The van der Waals surface area contributed by atoms with Crippen LogP contribution in [0.25, 0.3) is 0 Å². The molecule has 0 aromatic heterocycles. The molecule has 1 aromatic carbocycles. The minimum absolute atomic E-state index is 0.530. The molecule has 1 aromatic rings. The highest BCUT2D eigenvalue weighted by Gasteiger charge is 2.08. The molecule has 1 N–H and O–H groups in total. The standard InChI is InChI=1S/C13H18Cl2N2S/c1-3-7-17(8-4-2)13(18)16-10-5-6-11(14)12(15)9-10/h5-6,9H,3-4,7-8H2,1-2H3,(H,16,18). The van der Waals surface area contributed by atoms with Crippen LogP contribution in [0.1, 0.15) is 26.7 Å². The third kappa shape index (κ3) is 4.63. The van der Waals surface area contributed by atoms with Crippen LogP contribution in [0.3, 0.4) is 0 Å². The van der Waals surface area contributed by atoms with E-state index in [2.05, 4.69) is 24.1 Å². The number of hydrogen-bond acceptors (Lipinski definition) is 1. The van der Waals surface area contributed by atoms with Crippen molar-refractivity contribution >= 4 is 46.2 Å². The zero-order chi connectivity index (χ0) is 13.5. The lowest BCUT2D eigenvalue weighted by atomic mass is 10.3. The van der Waals surface area contributed by atoms with Crippen molar-refractivity contribution in [2.45, 2.75) is 26.7 Å². The maximum absolute atomic E-state index is 5.97. The molecule has 0 aliphatic rings. The van der Waals surface area contributed by atoms with Crippen molar-refractivity contribution in [1.82, 2.24) is 4.90 Å². The van der Waals surface area contributed by atoms with Crippen LogP contribution in [0.2, 0.25) is 10.0 Å². The fraction of sp³-hybridized carbons (Fsp3) is 0.462. The van der Waals surface area contributed by atoms with E-state index < -0.39 is 0 Å². The molecule has 0 spiro atoms. The molecule has 2 nitrogen and oxygen atoms in total. The quantitative estimate of drug-likeness (QED) is 0.786. The molecule has 18 heavy (non-hydrogen) atoms. The van der Waals surface area contributed by atoms with Gasteiger partial charge in [0.05, 0.1) is 10.0 Å². The number of nitrogens with zero attached hydrogens (tertiary/aromatic N) is 1. The average Bonchev–Trinajstić information content (AvgIpc) is 2.33. The highest BCUT2D eigenvalue weighted by Crippen LogP contribution is 2.25. The predicted molar refractivity (Wildman–Crippen MR) is 84.8 cm³/mol. The van der Waals surface area contributed by atoms with Gasteiger partial charge in [-0.05, 0) is 43.3 Å². The fourth-order valence-corrected chi connectivity index (χ4v) is 2.23. The van der Waals surface area contributed by atoms with Crippen molar-refractivity contribution in [2.24, 2.45) is 0 Å². The first-order chi connectivity index (χ1) is 8.58. The van der Waals surface area contributed by atoms with E-state index in [1.807, 2.05) is 6.07 Å². The van der Waals surface area contributed by atoms with Crippen molar-refractivity contribution in [3.05, 3.63) is 28.2 Å². The van der Waals surface area contributed by atoms with Crippen molar-refractivity contribution in [1.29, 1.82) is 0 Å². The van der Waals surface area contributed by atoms with Gasteiger partial charge in [0, 0.05) is 18.8 Å². The number of benzene rings is 1. The summed E-state index contributed by atoms with van der Waals surface area (Å²) in [6.07, 6.45) is 2.15. The van der Waals surface area contributed by atoms with E-state index in [-0.39, 0.29) is 0 Å². The first kappa shape index (κ1) is 15.5. The third-order valence-corrected chi connectivity index (χ3v) is 3.54. The Morgan fingerprint density at radius 2 is 1.78 bits per heavy atom. The molecule has 0 unspecified atom stereocenters. The number of hydrogen-bond donors (Lipinski definition) is 1. The summed E-state index contributed by atoms with van der Waals surface area (Å²) in [5.74, 6) is 0. The molecule has 0 aliphatic heterocycles. The molecule has 100 valence electrons. The average molecular weight is 305 g/mol. The molecule has 0 bridgehead atoms. The van der Waals surface area contributed by atoms with E-state index in [1.165, 1.54) is 0 Å². The molecule has 5 heteroatoms. The Hall–Kier alpha value is -0.510. The van der Waals surface area contributed by atoms with E-state index in [0.29, 0.717) is 10.0 Å². The summed E-state index contributed by atoms with van der Waals surface area (Å²) in [6, 6.07) is 5.42. The molecular weight excluding hydrogens is 287 g/mol. The van der Waals surface area contributed by atoms with Crippen molar-refractivity contribution in [3.63, 3.8) is 0 Å². The van der Waals surface area contributed by atoms with Crippen molar-refractivity contribution in [3.8, 4) is 0 Å². The van der Waals surface area contributed by atoms with Gasteiger partial charge in [0.15, 0.2) is 5.11 Å². The first-order valence-corrected chi connectivity index (χ1v) is 7.25. The smallest absolute Gasteiger partial charge is 0.173 e. The summed E-state index contributed by atoms with van der Waals surface area (Å²) < 4.78 is 0. The highest BCUT2D eigenvalue weighted by atomic mass is 35.5. The molecule has 0 amide bonds. The van der Waals surface area contributed by atoms with Gasteiger partial charge in [0.2, 0.25) is 0 Å². The summed E-state index contributed by atoms with van der Waals surface area (Å²) in [5, 5.41) is 5.01. The predicted octanol–water partition coefficient (Wildman–Crippen LogP) is 4.81. The van der Waals surface area contributed by atoms with E-state index in [9.17, 15) is 0 Å². The maximum atomic E-state index is 5.97. The number of anilines is 1. The van der Waals surface area contributed by atoms with Gasteiger partial charge in [-0.2, -0.15) is 0 Å². The van der Waals surface area contributed by atoms with Gasteiger partial charge in [-0.25, -0.2) is 0 Å². The molecule has 1 rings (SSSR count). The summed E-state index contributed by atoms with van der Waals surface area (Å²) >= 11 is 17.2. The van der Waals surface area contributed by atoms with Crippen LogP contribution in [0.4, 0.5) is 5.69 Å². The minimum atomic E-state index is 0.530. The maximum Gasteiger partial charge on any atom is 0.173 e. The van der Waals surface area contributed by atoms with Gasteiger partial charge in [-0.15, -0.1) is 0 Å². The SMILES string of the molecule is CCCN(CCC)C(=S)Nc1ccc(Cl)c(Cl)c1. The Morgan fingerprint density at radius 1 is 1.17 bits per heavy atom. The van der Waals surface area contributed by atoms with Crippen LogP contribution < -0.4 is 5.32 Å². The Bertz CT molecular complexity index is 404. The lowest BCUT2D eigenvalue weighted by Crippen LogP contribution is -2.35. The monoisotopic (exact) mass is 304 g/mol. The number of nitrogens with one attached hydrogen (secondary N) is 1. The number of rotatable bonds is 5. The largest absolute Gasteiger partial charge is 0.349 e. The molecular formula is C13H18Cl2N2S. The van der Waals surface area contributed by atoms with E-state index >= 15 is 0 Å². The number of thiocarbonyl (C=S) groups is 1. The van der Waals surface area contributed by atoms with E-state index in [0.717, 1.165) is 36.7 Å². The number of halogens is 2. The lowest BCUT2D eigenvalue weighted by molar-refractivity contribution is 0.423. The summed E-state index contributed by atoms with van der Waals surface area (Å²) in [7, 11) is 0. The molecule has 0 atom stereocenters. The minimum Gasteiger partial charge on any atom is -0.349 e. The van der Waals surface area contributed by atoms with Gasteiger partial charge >= 0.3 is 0 Å². The topological polar surface area (TPSA) is 15.3 Å². The highest BCUT2D eigenvalue weighted by molar-refractivity contribution is 7.80. The second-order valence-corrected chi connectivity index (χ2v) is 5.25. The Morgan fingerprint density at radius 3 is 2.28 bits per heavy atom. The second kappa shape index (κ2) is 7.82. The Kier molecular flexibility index (Phi) is 6.76. The van der Waals surface area contributed by atoms with E-state index in [1.54, 1.807) is 12.1 Å². The molecule has 0 heterocycles. The molecule has 0 saturated carbocycles. The van der Waals surface area contributed by atoms with Crippen molar-refractivity contribution < 1.29 is 0 Å². The first-order valence-electron chi connectivity index (χ1n) is 6.09. The van der Waals surface area contributed by atoms with E-state index in [4.69, 9.17) is 35.4 Å². The summed E-state index contributed by atoms with van der Waals surface area (Å²) in [5.41, 5.74) is 0.867. The van der Waals surface area contributed by atoms with Crippen LogP contribution >= 0.6 is 35.4 Å². The van der Waals surface area contributed by atoms with Gasteiger partial charge in [0.25, 0.3) is 0 Å². The molecule has 0 saturated heterocycles. The third-order valence-electron chi connectivity index (χ3n) is 2.45. The zero-order valence-electron chi connectivity index (χ0n) is 10.7. The van der Waals surface area contributed by atoms with Gasteiger partial charge in [-0.3, -0.25) is 0 Å². The van der Waals surface area contributed by atoms with Gasteiger partial charge < -0.3 is 10.2 Å². The van der Waals surface area contributed by atoms with Gasteiger partial charge in [-0.1, -0.05) is 37.0 Å². The van der Waals surface area contributed by atoms with Crippen LogP contribution in [0, 0.1) is 0 Å². The van der Waals surface area contributed by atoms with Crippen LogP contribution in [-0.2, 0) is 0 Å². The Labute approximate surface area is 124 Å². The summed E-state index contributed by atoms with van der Waals surface area (Å²) in [6.45, 7) is 6.21. The van der Waals surface area contributed by atoms with Crippen LogP contribution in [0.5, 0.6) is 0 Å². The molecule has 0 fully saturated rings. The normalized spacial score (nSPS) is 10.2. The molecule has 0 radical (unpaired) electrons. The Balaban J connectivity index is 2.69. The van der Waals surface area contributed by atoms with Crippen LogP contribution in [0.15, 0.2) is 18.2 Å². The molecule has 0 aliphatic carbocycles. The zero-order valence-corrected chi connectivity index (χ0v) is 13.0. The fourth-order valence-electron chi connectivity index (χ4n) is 1.63. The lowest BCUT2D eigenvalue weighted by Gasteiger charge is -2.25. The second-order valence-electron chi connectivity index (χ2n) is 4.05. The summed E-state index contributed by atoms with van der Waals surface area (Å²) in [4.78, 5) is 2.16.